The maximum absolute atomic E-state index is 13.4. The standard InChI is InChI=1S/C23H18BrFN4O3S.C23H18FIN4O3S/c1-33(31,32)21-10-14(6-9-26-21)23(7-8-23)28-22(30)18-11-15(24)12-20-19(18)13-27-29(20)17-4-2-16(25)3-5-17;1-33(31,32)21-10-14(6-9-26-21)23(7-8-23)28-22(30)18-11-16(25)12-20-19(18)13-27-29(20)17-4-2-15(24)3-5-17/h2*2-6,9-13H,7-8H2,1H3,(H,28,30). The van der Waals surface area contributed by atoms with Gasteiger partial charge in [-0.05, 0) is 156 Å². The van der Waals surface area contributed by atoms with Crippen LogP contribution >= 0.6 is 38.5 Å². The van der Waals surface area contributed by atoms with Crippen molar-refractivity contribution in [1.82, 2.24) is 40.2 Å². The zero-order chi connectivity index (χ0) is 46.8. The third-order valence-electron chi connectivity index (χ3n) is 11.5. The number of amides is 2. The topological polar surface area (TPSA) is 188 Å². The van der Waals surface area contributed by atoms with Gasteiger partial charge in [0.05, 0.1) is 57.0 Å². The fraction of sp³-hybridized carbons (Fsp3) is 0.174. The van der Waals surface area contributed by atoms with Gasteiger partial charge in [-0.25, -0.2) is 44.9 Å². The molecule has 0 bridgehead atoms. The maximum atomic E-state index is 13.4. The molecule has 0 aliphatic heterocycles. The molecule has 0 unspecified atom stereocenters. The number of sulfone groups is 2. The molecular weight excluding hydrogens is 1070 g/mol. The molecule has 2 N–H and O–H groups in total. The van der Waals surface area contributed by atoms with Crippen LogP contribution in [0.5, 0.6) is 0 Å². The first-order valence-electron chi connectivity index (χ1n) is 20.2. The Hall–Kier alpha value is -5.97. The van der Waals surface area contributed by atoms with E-state index in [-0.39, 0.29) is 33.5 Å². The summed E-state index contributed by atoms with van der Waals surface area (Å²) in [6.45, 7) is 0. The molecule has 0 atom stereocenters. The highest BCUT2D eigenvalue weighted by Crippen LogP contribution is 2.47. The van der Waals surface area contributed by atoms with Gasteiger partial charge in [0.2, 0.25) is 0 Å². The lowest BCUT2D eigenvalue weighted by Gasteiger charge is -2.19. The summed E-state index contributed by atoms with van der Waals surface area (Å²) < 4.78 is 79.2. The molecule has 20 heteroatoms. The van der Waals surface area contributed by atoms with E-state index in [0.717, 1.165) is 27.2 Å². The number of halogens is 4. The SMILES string of the molecule is CS(=O)(=O)c1cc(C2(NC(=O)c3cc(Br)cc4c3cnn4-c3ccc(F)cc3)CC2)ccn1.CS(=O)(=O)c1cc(C2(NC(=O)c3cc(I)cc4c3cnn4-c3ccc(F)cc3)CC2)ccn1. The second-order valence-corrected chi connectivity index (χ2v) is 22.3. The van der Waals surface area contributed by atoms with E-state index in [9.17, 15) is 35.2 Å². The van der Waals surface area contributed by atoms with Crippen LogP contribution in [-0.4, -0.2) is 70.7 Å². The van der Waals surface area contributed by atoms with Crippen LogP contribution in [-0.2, 0) is 30.8 Å². The summed E-state index contributed by atoms with van der Waals surface area (Å²) in [6, 6.07) is 25.7. The molecule has 2 saturated carbocycles. The Morgan fingerprint density at radius 1 is 0.621 bits per heavy atom. The minimum Gasteiger partial charge on any atom is -0.342 e. The fourth-order valence-electron chi connectivity index (χ4n) is 7.75. The molecule has 4 aromatic carbocycles. The Balaban J connectivity index is 0.000000166. The van der Waals surface area contributed by atoms with Crippen molar-refractivity contribution < 1.29 is 35.2 Å². The van der Waals surface area contributed by atoms with E-state index in [0.29, 0.717) is 74.5 Å². The summed E-state index contributed by atoms with van der Waals surface area (Å²) in [6.07, 6.45) is 11.1. The van der Waals surface area contributed by atoms with Crippen molar-refractivity contribution in [2.75, 3.05) is 12.5 Å². The van der Waals surface area contributed by atoms with Crippen molar-refractivity contribution in [1.29, 1.82) is 0 Å². The smallest absolute Gasteiger partial charge is 0.252 e. The van der Waals surface area contributed by atoms with Crippen molar-refractivity contribution in [3.63, 3.8) is 0 Å². The van der Waals surface area contributed by atoms with Crippen molar-refractivity contribution in [2.45, 2.75) is 46.8 Å². The van der Waals surface area contributed by atoms with Crippen LogP contribution in [0.25, 0.3) is 33.2 Å². The number of hydrogen-bond acceptors (Lipinski definition) is 10. The molecule has 0 saturated heterocycles. The Kier molecular flexibility index (Phi) is 11.7. The number of nitrogens with zero attached hydrogens (tertiary/aromatic N) is 6. The molecule has 2 fully saturated rings. The van der Waals surface area contributed by atoms with Crippen LogP contribution in [0.3, 0.4) is 0 Å². The highest BCUT2D eigenvalue weighted by atomic mass is 127. The van der Waals surface area contributed by atoms with Gasteiger partial charge in [-0.2, -0.15) is 10.2 Å². The quantitative estimate of drug-likeness (QED) is 0.127. The first kappa shape index (κ1) is 45.2. The van der Waals surface area contributed by atoms with Crippen LogP contribution in [0.15, 0.2) is 136 Å². The number of pyridine rings is 2. The monoisotopic (exact) mass is 1100 g/mol. The zero-order valence-electron chi connectivity index (χ0n) is 34.8. The number of carbonyl (C=O) groups excluding carboxylic acids is 2. The van der Waals surface area contributed by atoms with Crippen molar-refractivity contribution in [3.8, 4) is 11.4 Å². The van der Waals surface area contributed by atoms with Gasteiger partial charge < -0.3 is 10.6 Å². The van der Waals surface area contributed by atoms with Crippen molar-refractivity contribution in [2.24, 2.45) is 0 Å². The zero-order valence-corrected chi connectivity index (χ0v) is 40.2. The van der Waals surface area contributed by atoms with E-state index >= 15 is 0 Å². The molecule has 4 aromatic heterocycles. The summed E-state index contributed by atoms with van der Waals surface area (Å²) in [7, 11) is -6.92. The number of carbonyl (C=O) groups is 2. The minimum absolute atomic E-state index is 0.0160. The number of fused-ring (bicyclic) bond motifs is 2. The average Bonchev–Trinajstić information content (AvgIpc) is 4.16. The van der Waals surface area contributed by atoms with Crippen LogP contribution < -0.4 is 10.6 Å². The summed E-state index contributed by atoms with van der Waals surface area (Å²) in [5.41, 5.74) is 3.82. The number of nitrogens with one attached hydrogen (secondary N) is 2. The molecule has 66 heavy (non-hydrogen) atoms. The van der Waals surface area contributed by atoms with Gasteiger partial charge in [0.1, 0.15) is 11.6 Å². The average molecular weight is 1110 g/mol. The van der Waals surface area contributed by atoms with E-state index in [4.69, 9.17) is 0 Å². The number of aromatic nitrogens is 6. The Labute approximate surface area is 399 Å². The van der Waals surface area contributed by atoms with E-state index < -0.39 is 30.8 Å². The van der Waals surface area contributed by atoms with Crippen LogP contribution in [0.2, 0.25) is 0 Å². The molecule has 0 radical (unpaired) electrons. The number of rotatable bonds is 10. The Morgan fingerprint density at radius 2 is 1.03 bits per heavy atom. The van der Waals surface area contributed by atoms with E-state index in [1.807, 2.05) is 12.1 Å². The van der Waals surface area contributed by atoms with Gasteiger partial charge in [-0.3, -0.25) is 9.59 Å². The minimum atomic E-state index is -3.46. The molecule has 0 spiro atoms. The van der Waals surface area contributed by atoms with Gasteiger partial charge in [0.15, 0.2) is 29.7 Å². The predicted octanol–water partition coefficient (Wildman–Crippen LogP) is 8.13. The van der Waals surface area contributed by atoms with Gasteiger partial charge >= 0.3 is 0 Å². The lowest BCUT2D eigenvalue weighted by atomic mass is 10.0. The fourth-order valence-corrected chi connectivity index (χ4v) is 9.99. The number of hydrogen-bond donors (Lipinski definition) is 2. The third kappa shape index (κ3) is 9.10. The van der Waals surface area contributed by atoms with Crippen LogP contribution in [0.4, 0.5) is 8.78 Å². The highest BCUT2D eigenvalue weighted by molar-refractivity contribution is 14.1. The third-order valence-corrected chi connectivity index (χ3v) is 14.5. The maximum Gasteiger partial charge on any atom is 0.252 e. The molecule has 336 valence electrons. The van der Waals surface area contributed by atoms with Gasteiger partial charge in [-0.1, -0.05) is 15.9 Å². The van der Waals surface area contributed by atoms with Crippen LogP contribution in [0.1, 0.15) is 57.5 Å². The molecule has 8 aromatic rings. The van der Waals surface area contributed by atoms with Gasteiger partial charge in [0, 0.05) is 43.7 Å². The number of benzene rings is 4. The Morgan fingerprint density at radius 3 is 1.44 bits per heavy atom. The normalized spacial score (nSPS) is 14.9. The second kappa shape index (κ2) is 17.0. The molecule has 10 rings (SSSR count). The molecule has 14 nitrogen and oxygen atoms in total. The molecule has 2 amide bonds. The van der Waals surface area contributed by atoms with Gasteiger partial charge in [0.25, 0.3) is 11.8 Å². The lowest BCUT2D eigenvalue weighted by Crippen LogP contribution is -2.35. The second-order valence-electron chi connectivity index (χ2n) is 16.2. The molecular formula is C46H36BrF2IN8O6S2. The van der Waals surface area contributed by atoms with Gasteiger partial charge in [-0.15, -0.1) is 0 Å². The molecule has 2 aliphatic carbocycles. The first-order chi connectivity index (χ1) is 31.3. The van der Waals surface area contributed by atoms with Crippen molar-refractivity contribution >= 4 is 91.8 Å². The van der Waals surface area contributed by atoms with E-state index in [2.05, 4.69) is 69.3 Å². The highest BCUT2D eigenvalue weighted by Gasteiger charge is 2.47. The van der Waals surface area contributed by atoms with E-state index in [1.165, 1.54) is 48.8 Å². The summed E-state index contributed by atoms with van der Waals surface area (Å²) in [5.74, 6) is -1.25. The first-order valence-corrected chi connectivity index (χ1v) is 25.8. The summed E-state index contributed by atoms with van der Waals surface area (Å²) in [4.78, 5) is 34.6. The largest absolute Gasteiger partial charge is 0.342 e. The van der Waals surface area contributed by atoms with Crippen LogP contribution in [0, 0.1) is 15.2 Å². The molecule has 2 aliphatic rings. The van der Waals surface area contributed by atoms with E-state index in [1.54, 1.807) is 70.3 Å². The predicted molar refractivity (Wildman–Crippen MR) is 254 cm³/mol. The molecule has 4 heterocycles. The Bertz CT molecular complexity index is 3260. The lowest BCUT2D eigenvalue weighted by molar-refractivity contribution is 0.0923. The summed E-state index contributed by atoms with van der Waals surface area (Å²) in [5, 5.41) is 16.3. The van der Waals surface area contributed by atoms with Crippen molar-refractivity contribution in [3.05, 3.63) is 164 Å². The summed E-state index contributed by atoms with van der Waals surface area (Å²) >= 11 is 5.62.